The van der Waals surface area contributed by atoms with E-state index < -0.39 is 21.5 Å². The number of nitrogens with one attached hydrogen (secondary N) is 3. The molecule has 43 heavy (non-hydrogen) atoms. The Morgan fingerprint density at radius 1 is 0.930 bits per heavy atom. The summed E-state index contributed by atoms with van der Waals surface area (Å²) < 4.78 is 34.2. The third-order valence-electron chi connectivity index (χ3n) is 6.52. The van der Waals surface area contributed by atoms with Gasteiger partial charge in [0.15, 0.2) is 6.61 Å². The van der Waals surface area contributed by atoms with Crippen molar-refractivity contribution in [1.82, 2.24) is 19.3 Å². The number of carbonyl (C=O) groups is 2. The maximum absolute atomic E-state index is 13.3. The first-order valence-corrected chi connectivity index (χ1v) is 15.3. The van der Waals surface area contributed by atoms with Crippen LogP contribution in [-0.4, -0.2) is 42.0 Å². The first kappa shape index (κ1) is 31.4. The van der Waals surface area contributed by atoms with Crippen LogP contribution < -0.4 is 26.4 Å². The molecule has 0 unspecified atom stereocenters. The molecule has 2 heterocycles. The van der Waals surface area contributed by atoms with Gasteiger partial charge in [-0.15, -0.1) is 0 Å². The van der Waals surface area contributed by atoms with Crippen molar-refractivity contribution in [3.05, 3.63) is 117 Å². The Kier molecular flexibility index (Phi) is 10.3. The number of amides is 2. The molecule has 0 bridgehead atoms. The van der Waals surface area contributed by atoms with Gasteiger partial charge in [0.05, 0.1) is 23.6 Å². The average molecular weight is 626 g/mol. The van der Waals surface area contributed by atoms with Crippen LogP contribution in [-0.2, 0) is 39.1 Å². The van der Waals surface area contributed by atoms with Gasteiger partial charge in [-0.2, -0.15) is 0 Å². The van der Waals surface area contributed by atoms with Crippen LogP contribution in [0.3, 0.4) is 0 Å². The van der Waals surface area contributed by atoms with Crippen LogP contribution in [0.2, 0.25) is 5.02 Å². The number of hydrogen-bond donors (Lipinski definition) is 3. The summed E-state index contributed by atoms with van der Waals surface area (Å²) in [6, 6.07) is 17.9. The molecule has 0 spiro atoms. The highest BCUT2D eigenvalue weighted by atomic mass is 35.5. The second-order valence-electron chi connectivity index (χ2n) is 9.55. The molecule has 3 N–H and O–H groups in total. The largest absolute Gasteiger partial charge is 0.483 e. The minimum atomic E-state index is -3.82. The second kappa shape index (κ2) is 14.1. The zero-order valence-electron chi connectivity index (χ0n) is 23.7. The highest BCUT2D eigenvalue weighted by molar-refractivity contribution is 7.90. The van der Waals surface area contributed by atoms with E-state index >= 15 is 0 Å². The van der Waals surface area contributed by atoms with Gasteiger partial charge in [0.25, 0.3) is 21.5 Å². The van der Waals surface area contributed by atoms with Crippen molar-refractivity contribution in [2.45, 2.75) is 38.3 Å². The van der Waals surface area contributed by atoms with Crippen LogP contribution >= 0.6 is 11.6 Å². The molecular formula is C30H32ClN5O6S. The number of ether oxygens (including phenoxy) is 1. The van der Waals surface area contributed by atoms with E-state index in [9.17, 15) is 22.8 Å². The first-order chi connectivity index (χ1) is 20.6. The lowest BCUT2D eigenvalue weighted by molar-refractivity contribution is -0.123. The van der Waals surface area contributed by atoms with E-state index in [-0.39, 0.29) is 42.5 Å². The van der Waals surface area contributed by atoms with Gasteiger partial charge < -0.3 is 20.8 Å². The summed E-state index contributed by atoms with van der Waals surface area (Å²) in [6.45, 7) is 3.92. The van der Waals surface area contributed by atoms with Crippen LogP contribution in [0.4, 0.5) is 0 Å². The van der Waals surface area contributed by atoms with Gasteiger partial charge in [0.2, 0.25) is 5.91 Å². The SMILES string of the molecule is CCNC(=O)COc1ccc(Cl)cc1CNC(=O)Cc1c(C)ccn(NCc2cccn2S(=O)(=O)c2ccccc2)c1=O. The van der Waals surface area contributed by atoms with Gasteiger partial charge in [-0.1, -0.05) is 29.8 Å². The maximum Gasteiger partial charge on any atom is 0.272 e. The normalized spacial score (nSPS) is 11.1. The standard InChI is InChI=1S/C30H32ClN5O6S/c1-3-32-29(38)20-42-27-12-11-23(31)16-22(27)18-33-28(37)17-26-21(2)13-15-35(30(26)39)34-19-24-8-7-14-36(24)43(40,41)25-9-5-4-6-10-25/h4-16,34H,3,17-20H2,1-2H3,(H,32,38)(H,33,37). The number of aryl methyl sites for hydroxylation is 1. The summed E-state index contributed by atoms with van der Waals surface area (Å²) in [4.78, 5) is 38.1. The number of rotatable bonds is 13. The predicted octanol–water partition coefficient (Wildman–Crippen LogP) is 2.97. The molecule has 0 aliphatic carbocycles. The Hall–Kier alpha value is -4.55. The van der Waals surface area contributed by atoms with Crippen LogP contribution in [0.5, 0.6) is 5.75 Å². The van der Waals surface area contributed by atoms with Gasteiger partial charge in [-0.05, 0) is 67.9 Å². The number of pyridine rings is 1. The van der Waals surface area contributed by atoms with E-state index in [0.29, 0.717) is 34.1 Å². The highest BCUT2D eigenvalue weighted by Gasteiger charge is 2.19. The molecule has 4 aromatic rings. The molecular weight excluding hydrogens is 594 g/mol. The van der Waals surface area contributed by atoms with Crippen LogP contribution in [0.15, 0.2) is 88.8 Å². The van der Waals surface area contributed by atoms with Crippen molar-refractivity contribution in [3.63, 3.8) is 0 Å². The Balaban J connectivity index is 1.43. The second-order valence-corrected chi connectivity index (χ2v) is 11.8. The van der Waals surface area contributed by atoms with Crippen LogP contribution in [0.1, 0.15) is 29.3 Å². The molecule has 11 nitrogen and oxygen atoms in total. The summed E-state index contributed by atoms with van der Waals surface area (Å²) in [5.41, 5.74) is 4.40. The number of carbonyl (C=O) groups excluding carboxylic acids is 2. The zero-order chi connectivity index (χ0) is 31.0. The third-order valence-corrected chi connectivity index (χ3v) is 8.50. The van der Waals surface area contributed by atoms with Gasteiger partial charge in [-0.3, -0.25) is 14.4 Å². The van der Waals surface area contributed by atoms with Crippen molar-refractivity contribution in [3.8, 4) is 5.75 Å². The molecule has 226 valence electrons. The average Bonchev–Trinajstić information content (AvgIpc) is 3.47. The van der Waals surface area contributed by atoms with Gasteiger partial charge in [0.1, 0.15) is 5.75 Å². The van der Waals surface area contributed by atoms with E-state index in [2.05, 4.69) is 16.1 Å². The molecule has 0 saturated heterocycles. The monoisotopic (exact) mass is 625 g/mol. The lowest BCUT2D eigenvalue weighted by Crippen LogP contribution is -2.34. The van der Waals surface area contributed by atoms with E-state index in [0.717, 1.165) is 3.97 Å². The van der Waals surface area contributed by atoms with Crippen LogP contribution in [0.25, 0.3) is 0 Å². The van der Waals surface area contributed by atoms with E-state index in [1.165, 1.54) is 29.2 Å². The van der Waals surface area contributed by atoms with Gasteiger partial charge in [-0.25, -0.2) is 17.1 Å². The van der Waals surface area contributed by atoms with Crippen molar-refractivity contribution in [1.29, 1.82) is 0 Å². The number of aromatic nitrogens is 2. The summed E-state index contributed by atoms with van der Waals surface area (Å²) >= 11 is 6.13. The first-order valence-electron chi connectivity index (χ1n) is 13.5. The fourth-order valence-corrected chi connectivity index (χ4v) is 5.88. The molecule has 2 amide bonds. The number of hydrogen-bond acceptors (Lipinski definition) is 7. The molecule has 0 radical (unpaired) electrons. The number of benzene rings is 2. The Morgan fingerprint density at radius 3 is 2.44 bits per heavy atom. The fourth-order valence-electron chi connectivity index (χ4n) is 4.29. The van der Waals surface area contributed by atoms with Crippen molar-refractivity contribution < 1.29 is 22.7 Å². The van der Waals surface area contributed by atoms with Crippen LogP contribution in [0, 0.1) is 6.92 Å². The van der Waals surface area contributed by atoms with E-state index in [1.54, 1.807) is 68.4 Å². The summed E-state index contributed by atoms with van der Waals surface area (Å²) in [6.07, 6.45) is 2.79. The summed E-state index contributed by atoms with van der Waals surface area (Å²) in [5.74, 6) is -0.282. The topological polar surface area (TPSA) is 141 Å². The van der Waals surface area contributed by atoms with Crippen molar-refractivity contribution in [2.75, 3.05) is 18.6 Å². The highest BCUT2D eigenvalue weighted by Crippen LogP contribution is 2.23. The van der Waals surface area contributed by atoms with Gasteiger partial charge in [0, 0.05) is 41.6 Å². The Morgan fingerprint density at radius 2 is 1.70 bits per heavy atom. The quantitative estimate of drug-likeness (QED) is 0.207. The lowest BCUT2D eigenvalue weighted by Gasteiger charge is -2.15. The molecule has 0 atom stereocenters. The maximum atomic E-state index is 13.3. The zero-order valence-corrected chi connectivity index (χ0v) is 25.2. The fraction of sp³-hybridized carbons (Fsp3) is 0.233. The smallest absolute Gasteiger partial charge is 0.272 e. The minimum Gasteiger partial charge on any atom is -0.483 e. The molecule has 13 heteroatoms. The number of halogens is 1. The van der Waals surface area contributed by atoms with Gasteiger partial charge >= 0.3 is 0 Å². The van der Waals surface area contributed by atoms with Crippen molar-refractivity contribution in [2.24, 2.45) is 0 Å². The molecule has 4 rings (SSSR count). The van der Waals surface area contributed by atoms with Crippen molar-refractivity contribution >= 4 is 33.4 Å². The summed E-state index contributed by atoms with van der Waals surface area (Å²) in [5, 5.41) is 5.86. The Labute approximate surface area is 254 Å². The molecule has 0 saturated carbocycles. The molecule has 2 aromatic carbocycles. The van der Waals surface area contributed by atoms with E-state index in [4.69, 9.17) is 16.3 Å². The number of nitrogens with zero attached hydrogens (tertiary/aromatic N) is 2. The predicted molar refractivity (Wildman–Crippen MR) is 163 cm³/mol. The van der Waals surface area contributed by atoms with E-state index in [1.807, 2.05) is 0 Å². The number of likely N-dealkylation sites (N-methyl/N-ethyl adjacent to an activating group) is 1. The third kappa shape index (κ3) is 7.85. The molecule has 0 fully saturated rings. The molecule has 2 aromatic heterocycles. The Bertz CT molecular complexity index is 1770. The lowest BCUT2D eigenvalue weighted by atomic mass is 10.1. The molecule has 0 aliphatic heterocycles. The summed E-state index contributed by atoms with van der Waals surface area (Å²) in [7, 11) is -3.82. The minimum absolute atomic E-state index is 0.0293. The molecule has 0 aliphatic rings.